The molecule has 0 aliphatic heterocycles. The van der Waals surface area contributed by atoms with E-state index in [1.54, 1.807) is 12.1 Å². The average Bonchev–Trinajstić information content (AvgIpc) is 2.55. The molecule has 140 valence electrons. The number of amides is 1. The molecule has 3 N–H and O–H groups in total. The van der Waals surface area contributed by atoms with Crippen molar-refractivity contribution >= 4 is 5.91 Å². The second kappa shape index (κ2) is 8.86. The molecule has 0 heterocycles. The van der Waals surface area contributed by atoms with Crippen LogP contribution in [0, 0.1) is 26.7 Å². The number of carbonyl (C=O) groups is 1. The molecule has 4 nitrogen and oxygen atoms in total. The number of benzene rings is 2. The molecule has 0 spiro atoms. The van der Waals surface area contributed by atoms with Crippen LogP contribution in [0.5, 0.6) is 5.75 Å². The summed E-state index contributed by atoms with van der Waals surface area (Å²) in [5, 5.41) is 16.2. The van der Waals surface area contributed by atoms with Crippen molar-refractivity contribution in [3.63, 3.8) is 0 Å². The van der Waals surface area contributed by atoms with E-state index in [2.05, 4.69) is 43.5 Å². The van der Waals surface area contributed by atoms with E-state index < -0.39 is 0 Å². The second-order valence-electron chi connectivity index (χ2n) is 7.33. The van der Waals surface area contributed by atoms with Crippen molar-refractivity contribution in [3.05, 3.63) is 64.2 Å². The Morgan fingerprint density at radius 1 is 1.04 bits per heavy atom. The van der Waals surface area contributed by atoms with Crippen LogP contribution in [0.4, 0.5) is 0 Å². The van der Waals surface area contributed by atoms with Crippen LogP contribution in [0.25, 0.3) is 0 Å². The molecule has 2 aromatic rings. The number of phenolic OH excluding ortho intramolecular Hbond substituents is 1. The van der Waals surface area contributed by atoms with Gasteiger partial charge in [-0.25, -0.2) is 0 Å². The zero-order valence-corrected chi connectivity index (χ0v) is 16.4. The van der Waals surface area contributed by atoms with Gasteiger partial charge >= 0.3 is 0 Å². The van der Waals surface area contributed by atoms with Crippen LogP contribution in [-0.4, -0.2) is 17.1 Å². The number of aromatic hydroxyl groups is 1. The second-order valence-corrected chi connectivity index (χ2v) is 7.33. The lowest BCUT2D eigenvalue weighted by atomic mass is 9.99. The number of rotatable bonds is 7. The molecular formula is C22H30N2O2. The summed E-state index contributed by atoms with van der Waals surface area (Å²) in [7, 11) is 0. The van der Waals surface area contributed by atoms with Crippen LogP contribution in [0.1, 0.15) is 41.7 Å². The van der Waals surface area contributed by atoms with E-state index in [0.29, 0.717) is 13.1 Å². The van der Waals surface area contributed by atoms with E-state index in [0.717, 1.165) is 5.56 Å². The quantitative estimate of drug-likeness (QED) is 0.710. The molecule has 0 fully saturated rings. The maximum Gasteiger partial charge on any atom is 0.237 e. The number of phenols is 1. The fraction of sp³-hybridized carbons (Fsp3) is 0.409. The van der Waals surface area contributed by atoms with Crippen LogP contribution < -0.4 is 10.6 Å². The molecule has 26 heavy (non-hydrogen) atoms. The van der Waals surface area contributed by atoms with Crippen molar-refractivity contribution in [3.8, 4) is 5.75 Å². The van der Waals surface area contributed by atoms with Crippen LogP contribution in [0.2, 0.25) is 0 Å². The molecular weight excluding hydrogens is 324 g/mol. The van der Waals surface area contributed by atoms with E-state index >= 15 is 0 Å². The molecule has 2 aromatic carbocycles. The number of para-hydroxylation sites is 1. The topological polar surface area (TPSA) is 61.4 Å². The predicted octanol–water partition coefficient (Wildman–Crippen LogP) is 3.75. The fourth-order valence-corrected chi connectivity index (χ4v) is 3.29. The zero-order valence-electron chi connectivity index (χ0n) is 16.4. The predicted molar refractivity (Wildman–Crippen MR) is 106 cm³/mol. The molecule has 2 rings (SSSR count). The molecule has 0 aliphatic rings. The van der Waals surface area contributed by atoms with Gasteiger partial charge in [-0.3, -0.25) is 4.79 Å². The molecule has 0 saturated carbocycles. The zero-order chi connectivity index (χ0) is 19.3. The third-order valence-electron chi connectivity index (χ3n) is 4.73. The van der Waals surface area contributed by atoms with Crippen molar-refractivity contribution in [1.82, 2.24) is 10.6 Å². The number of hydrogen-bond acceptors (Lipinski definition) is 3. The fourth-order valence-electron chi connectivity index (χ4n) is 3.29. The standard InChI is InChI=1S/C22H30N2O2/c1-14(2)21(23-12-18-8-6-7-9-20(18)25)22(26)24-13-19-16(4)10-15(3)11-17(19)5/h6-11,14,21,23,25H,12-13H2,1-5H3,(H,24,26). The van der Waals surface area contributed by atoms with E-state index in [9.17, 15) is 9.90 Å². The highest BCUT2D eigenvalue weighted by Crippen LogP contribution is 2.17. The van der Waals surface area contributed by atoms with Gasteiger partial charge in [-0.2, -0.15) is 0 Å². The summed E-state index contributed by atoms with van der Waals surface area (Å²) in [5.74, 6) is 0.365. The van der Waals surface area contributed by atoms with Gasteiger partial charge in [0.25, 0.3) is 0 Å². The van der Waals surface area contributed by atoms with Crippen molar-refractivity contribution in [1.29, 1.82) is 0 Å². The summed E-state index contributed by atoms with van der Waals surface area (Å²) in [4.78, 5) is 12.7. The van der Waals surface area contributed by atoms with E-state index in [4.69, 9.17) is 0 Å². The van der Waals surface area contributed by atoms with E-state index in [-0.39, 0.29) is 23.6 Å². The molecule has 1 unspecified atom stereocenters. The van der Waals surface area contributed by atoms with Gasteiger partial charge in [-0.15, -0.1) is 0 Å². The maximum absolute atomic E-state index is 12.7. The molecule has 4 heteroatoms. The van der Waals surface area contributed by atoms with E-state index in [1.165, 1.54) is 22.3 Å². The first kappa shape index (κ1) is 20.0. The van der Waals surface area contributed by atoms with Crippen LogP contribution in [0.3, 0.4) is 0 Å². The SMILES string of the molecule is Cc1cc(C)c(CNC(=O)C(NCc2ccccc2O)C(C)C)c(C)c1. The number of aryl methyl sites for hydroxylation is 3. The van der Waals surface area contributed by atoms with Crippen molar-refractivity contribution < 1.29 is 9.90 Å². The largest absolute Gasteiger partial charge is 0.508 e. The van der Waals surface area contributed by atoms with Crippen LogP contribution in [-0.2, 0) is 17.9 Å². The Labute approximate surface area is 156 Å². The first-order valence-corrected chi connectivity index (χ1v) is 9.14. The molecule has 0 radical (unpaired) electrons. The molecule has 1 atom stereocenters. The lowest BCUT2D eigenvalue weighted by Gasteiger charge is -2.23. The Balaban J connectivity index is 2.01. The normalized spacial score (nSPS) is 12.2. The highest BCUT2D eigenvalue weighted by molar-refractivity contribution is 5.82. The smallest absolute Gasteiger partial charge is 0.237 e. The molecule has 0 saturated heterocycles. The van der Waals surface area contributed by atoms with Gasteiger partial charge in [0.05, 0.1) is 6.04 Å². The monoisotopic (exact) mass is 354 g/mol. The van der Waals surface area contributed by atoms with Crippen molar-refractivity contribution in [2.45, 2.75) is 53.8 Å². The Morgan fingerprint density at radius 2 is 1.65 bits per heavy atom. The highest BCUT2D eigenvalue weighted by atomic mass is 16.3. The Morgan fingerprint density at radius 3 is 2.23 bits per heavy atom. The molecule has 0 aromatic heterocycles. The van der Waals surface area contributed by atoms with E-state index in [1.807, 2.05) is 26.0 Å². The van der Waals surface area contributed by atoms with Crippen molar-refractivity contribution in [2.75, 3.05) is 0 Å². The summed E-state index contributed by atoms with van der Waals surface area (Å²) >= 11 is 0. The van der Waals surface area contributed by atoms with Gasteiger partial charge in [-0.1, -0.05) is 49.7 Å². The van der Waals surface area contributed by atoms with Gasteiger partial charge in [-0.05, 0) is 49.4 Å². The lowest BCUT2D eigenvalue weighted by Crippen LogP contribution is -2.47. The molecule has 1 amide bonds. The van der Waals surface area contributed by atoms with Gasteiger partial charge in [0.15, 0.2) is 0 Å². The first-order chi connectivity index (χ1) is 12.3. The number of nitrogens with one attached hydrogen (secondary N) is 2. The summed E-state index contributed by atoms with van der Waals surface area (Å²) < 4.78 is 0. The van der Waals surface area contributed by atoms with Crippen LogP contribution >= 0.6 is 0 Å². The van der Waals surface area contributed by atoms with Gasteiger partial charge in [0, 0.05) is 18.7 Å². The van der Waals surface area contributed by atoms with Crippen LogP contribution in [0.15, 0.2) is 36.4 Å². The summed E-state index contributed by atoms with van der Waals surface area (Å²) in [6.07, 6.45) is 0. The van der Waals surface area contributed by atoms with Crippen molar-refractivity contribution in [2.24, 2.45) is 5.92 Å². The lowest BCUT2D eigenvalue weighted by molar-refractivity contribution is -0.124. The minimum atomic E-state index is -0.319. The highest BCUT2D eigenvalue weighted by Gasteiger charge is 2.22. The summed E-state index contributed by atoms with van der Waals surface area (Å²) in [6, 6.07) is 11.2. The molecule has 0 bridgehead atoms. The number of carbonyl (C=O) groups excluding carboxylic acids is 1. The average molecular weight is 354 g/mol. The third kappa shape index (κ3) is 5.09. The molecule has 0 aliphatic carbocycles. The third-order valence-corrected chi connectivity index (χ3v) is 4.73. The Bertz CT molecular complexity index is 745. The minimum Gasteiger partial charge on any atom is -0.508 e. The maximum atomic E-state index is 12.7. The Kier molecular flexibility index (Phi) is 6.81. The summed E-state index contributed by atoms with van der Waals surface area (Å²) in [5.41, 5.74) is 5.60. The van der Waals surface area contributed by atoms with Gasteiger partial charge < -0.3 is 15.7 Å². The Hall–Kier alpha value is -2.33. The number of hydrogen-bond donors (Lipinski definition) is 3. The van der Waals surface area contributed by atoms with Gasteiger partial charge in [0.1, 0.15) is 5.75 Å². The van der Waals surface area contributed by atoms with Gasteiger partial charge in [0.2, 0.25) is 5.91 Å². The first-order valence-electron chi connectivity index (χ1n) is 9.14. The summed E-state index contributed by atoms with van der Waals surface area (Å²) in [6.45, 7) is 11.3. The minimum absolute atomic E-state index is 0.0187.